The Labute approximate surface area is 203 Å². The highest BCUT2D eigenvalue weighted by Crippen LogP contribution is 2.23. The average Bonchev–Trinajstić information content (AvgIpc) is 2.87. The molecule has 0 aliphatic heterocycles. The summed E-state index contributed by atoms with van der Waals surface area (Å²) in [6.45, 7) is 5.96. The molecule has 0 amide bonds. The van der Waals surface area contributed by atoms with Crippen LogP contribution in [-0.4, -0.2) is 0 Å². The Bertz CT molecular complexity index is 1320. The van der Waals surface area contributed by atoms with Crippen molar-refractivity contribution in [3.8, 4) is 11.8 Å². The molecule has 34 heavy (non-hydrogen) atoms. The van der Waals surface area contributed by atoms with E-state index in [-0.39, 0.29) is 5.82 Å². The zero-order chi connectivity index (χ0) is 23.8. The van der Waals surface area contributed by atoms with E-state index >= 15 is 4.39 Å². The zero-order valence-corrected chi connectivity index (χ0v) is 19.9. The molecule has 0 aliphatic carbocycles. The van der Waals surface area contributed by atoms with Gasteiger partial charge in [-0.1, -0.05) is 91.9 Å². The molecular weight excluding hydrogens is 415 g/mol. The fourth-order valence-electron chi connectivity index (χ4n) is 4.21. The normalized spacial score (nSPS) is 10.6. The van der Waals surface area contributed by atoms with Gasteiger partial charge < -0.3 is 0 Å². The highest BCUT2D eigenvalue weighted by atomic mass is 19.1. The van der Waals surface area contributed by atoms with Crippen LogP contribution in [0.3, 0.4) is 0 Å². The lowest BCUT2D eigenvalue weighted by Crippen LogP contribution is -1.94. The second kappa shape index (κ2) is 11.5. The van der Waals surface area contributed by atoms with Gasteiger partial charge in [0, 0.05) is 10.9 Å². The quantitative estimate of drug-likeness (QED) is 0.189. The maximum atomic E-state index is 15.1. The summed E-state index contributed by atoms with van der Waals surface area (Å²) in [5.41, 5.74) is 6.53. The summed E-state index contributed by atoms with van der Waals surface area (Å²) in [4.78, 5) is 0. The topological polar surface area (TPSA) is 0 Å². The molecule has 1 heteroatoms. The number of aryl methyl sites for hydroxylation is 4. The third-order valence-corrected chi connectivity index (χ3v) is 6.22. The lowest BCUT2D eigenvalue weighted by atomic mass is 9.98. The maximum absolute atomic E-state index is 15.1. The van der Waals surface area contributed by atoms with Crippen LogP contribution in [0.5, 0.6) is 0 Å². The van der Waals surface area contributed by atoms with Gasteiger partial charge in [0.05, 0.1) is 5.56 Å². The Morgan fingerprint density at radius 3 is 2.03 bits per heavy atom. The van der Waals surface area contributed by atoms with Crippen LogP contribution in [0.4, 0.5) is 4.39 Å². The van der Waals surface area contributed by atoms with Crippen LogP contribution in [0, 0.1) is 17.7 Å². The van der Waals surface area contributed by atoms with Gasteiger partial charge in [-0.25, -0.2) is 4.39 Å². The Kier molecular flexibility index (Phi) is 7.95. The fourth-order valence-corrected chi connectivity index (χ4v) is 4.21. The van der Waals surface area contributed by atoms with Crippen molar-refractivity contribution in [3.63, 3.8) is 0 Å². The van der Waals surface area contributed by atoms with Crippen LogP contribution in [0.2, 0.25) is 0 Å². The second-order valence-electron chi connectivity index (χ2n) is 8.82. The molecule has 0 atom stereocenters. The van der Waals surface area contributed by atoms with Gasteiger partial charge in [0.2, 0.25) is 0 Å². The number of hydrogen-bond acceptors (Lipinski definition) is 0. The molecule has 0 N–H and O–H groups in total. The van der Waals surface area contributed by atoms with Crippen molar-refractivity contribution >= 4 is 10.8 Å². The highest BCUT2D eigenvalue weighted by molar-refractivity contribution is 5.85. The zero-order valence-electron chi connectivity index (χ0n) is 19.9. The lowest BCUT2D eigenvalue weighted by Gasteiger charge is -2.07. The van der Waals surface area contributed by atoms with Crippen molar-refractivity contribution < 1.29 is 4.39 Å². The molecule has 0 heterocycles. The van der Waals surface area contributed by atoms with E-state index in [4.69, 9.17) is 0 Å². The van der Waals surface area contributed by atoms with E-state index in [9.17, 15) is 0 Å². The molecule has 0 fully saturated rings. The van der Waals surface area contributed by atoms with E-state index in [2.05, 4.69) is 67.8 Å². The minimum atomic E-state index is -0.241. The van der Waals surface area contributed by atoms with Gasteiger partial charge in [0.1, 0.15) is 5.82 Å². The SMILES string of the molecule is C=CCCc1ccc(CCc2ccc3c(F)c(C#Cc4ccc(CCC)cc4)ccc3c2)cc1. The minimum absolute atomic E-state index is 0.241. The van der Waals surface area contributed by atoms with E-state index < -0.39 is 0 Å². The summed E-state index contributed by atoms with van der Waals surface area (Å²) in [5, 5.41) is 1.55. The average molecular weight is 447 g/mol. The summed E-state index contributed by atoms with van der Waals surface area (Å²) in [7, 11) is 0. The molecule has 0 saturated carbocycles. The van der Waals surface area contributed by atoms with E-state index in [0.29, 0.717) is 10.9 Å². The summed E-state index contributed by atoms with van der Waals surface area (Å²) in [5.74, 6) is 5.89. The number of halogens is 1. The Morgan fingerprint density at radius 2 is 1.32 bits per heavy atom. The predicted molar refractivity (Wildman–Crippen MR) is 143 cm³/mol. The van der Waals surface area contributed by atoms with Crippen molar-refractivity contribution in [1.29, 1.82) is 0 Å². The number of allylic oxidation sites excluding steroid dienone is 1. The smallest absolute Gasteiger partial charge is 0.146 e. The van der Waals surface area contributed by atoms with Gasteiger partial charge in [0.25, 0.3) is 0 Å². The second-order valence-corrected chi connectivity index (χ2v) is 8.82. The number of rotatable bonds is 8. The highest BCUT2D eigenvalue weighted by Gasteiger charge is 2.07. The summed E-state index contributed by atoms with van der Waals surface area (Å²) < 4.78 is 15.1. The predicted octanol–water partition coefficient (Wildman–Crippen LogP) is 8.24. The van der Waals surface area contributed by atoms with Gasteiger partial charge in [0.15, 0.2) is 0 Å². The van der Waals surface area contributed by atoms with Gasteiger partial charge in [-0.15, -0.1) is 6.58 Å². The van der Waals surface area contributed by atoms with Crippen LogP contribution in [0.1, 0.15) is 53.1 Å². The van der Waals surface area contributed by atoms with E-state index in [1.165, 1.54) is 22.3 Å². The number of hydrogen-bond donors (Lipinski definition) is 0. The minimum Gasteiger partial charge on any atom is -0.205 e. The van der Waals surface area contributed by atoms with Crippen LogP contribution in [0.15, 0.2) is 91.5 Å². The summed E-state index contributed by atoms with van der Waals surface area (Å²) in [6.07, 6.45) is 8.09. The van der Waals surface area contributed by atoms with Crippen LogP contribution >= 0.6 is 0 Å². The Balaban J connectivity index is 1.45. The Morgan fingerprint density at radius 1 is 0.706 bits per heavy atom. The molecule has 4 aromatic carbocycles. The van der Waals surface area contributed by atoms with Crippen molar-refractivity contribution in [1.82, 2.24) is 0 Å². The fraction of sp³-hybridized carbons (Fsp3) is 0.212. The van der Waals surface area contributed by atoms with E-state index in [1.807, 2.05) is 36.4 Å². The van der Waals surface area contributed by atoms with Gasteiger partial charge in [-0.2, -0.15) is 0 Å². The molecule has 170 valence electrons. The largest absolute Gasteiger partial charge is 0.205 e. The Hall–Kier alpha value is -3.63. The first kappa shape index (κ1) is 23.5. The van der Waals surface area contributed by atoms with Gasteiger partial charge in [-0.05, 0) is 77.9 Å². The van der Waals surface area contributed by atoms with Gasteiger partial charge >= 0.3 is 0 Å². The van der Waals surface area contributed by atoms with Crippen LogP contribution in [0.25, 0.3) is 10.8 Å². The van der Waals surface area contributed by atoms with Crippen molar-refractivity contribution in [2.24, 2.45) is 0 Å². The van der Waals surface area contributed by atoms with E-state index in [0.717, 1.165) is 49.5 Å². The number of fused-ring (bicyclic) bond motifs is 1. The van der Waals surface area contributed by atoms with Crippen molar-refractivity contribution in [3.05, 3.63) is 131 Å². The molecule has 0 spiro atoms. The monoisotopic (exact) mass is 446 g/mol. The molecular formula is C33H31F. The molecule has 0 bridgehead atoms. The maximum Gasteiger partial charge on any atom is 0.146 e. The molecule has 0 nitrogen and oxygen atoms in total. The molecule has 0 unspecified atom stereocenters. The van der Waals surface area contributed by atoms with Crippen molar-refractivity contribution in [2.45, 2.75) is 45.4 Å². The standard InChI is InChI=1S/C33H31F/c1-3-5-7-26-10-14-27(15-11-26)16-17-29-19-23-32-31(24-29)22-21-30(33(32)34)20-18-28-12-8-25(6-4-2)9-13-28/h3,8-15,19,21-24H,1,4-7,16-17H2,2H3. The molecule has 0 aromatic heterocycles. The first-order valence-corrected chi connectivity index (χ1v) is 12.2. The summed E-state index contributed by atoms with van der Waals surface area (Å²) >= 11 is 0. The first-order chi connectivity index (χ1) is 16.7. The van der Waals surface area contributed by atoms with Crippen LogP contribution in [-0.2, 0) is 25.7 Å². The lowest BCUT2D eigenvalue weighted by molar-refractivity contribution is 0.636. The first-order valence-electron chi connectivity index (χ1n) is 12.2. The number of benzene rings is 4. The summed E-state index contributed by atoms with van der Waals surface area (Å²) in [6, 6.07) is 26.8. The van der Waals surface area contributed by atoms with Crippen LogP contribution < -0.4 is 0 Å². The van der Waals surface area contributed by atoms with E-state index in [1.54, 1.807) is 6.07 Å². The molecule has 0 saturated heterocycles. The molecule has 4 rings (SSSR count). The third-order valence-electron chi connectivity index (χ3n) is 6.22. The molecule has 0 radical (unpaired) electrons. The third kappa shape index (κ3) is 6.03. The van der Waals surface area contributed by atoms with Gasteiger partial charge in [-0.3, -0.25) is 0 Å². The molecule has 4 aromatic rings. The van der Waals surface area contributed by atoms with Crippen molar-refractivity contribution in [2.75, 3.05) is 0 Å². The molecule has 0 aliphatic rings.